The zero-order chi connectivity index (χ0) is 15.7. The van der Waals surface area contributed by atoms with E-state index in [2.05, 4.69) is 20.3 Å². The molecule has 0 unspecified atom stereocenters. The van der Waals surface area contributed by atoms with Gasteiger partial charge >= 0.3 is 7.60 Å². The Morgan fingerprint density at radius 2 is 2.23 bits per heavy atom. The van der Waals surface area contributed by atoms with Crippen LogP contribution in [-0.4, -0.2) is 47.8 Å². The summed E-state index contributed by atoms with van der Waals surface area (Å²) in [4.78, 5) is 30.4. The second-order valence-electron chi connectivity index (χ2n) is 5.48. The average Bonchev–Trinajstić information content (AvgIpc) is 3.17. The van der Waals surface area contributed by atoms with Gasteiger partial charge in [-0.05, 0) is 19.8 Å². The summed E-state index contributed by atoms with van der Waals surface area (Å²) in [6.07, 6.45) is 4.42. The first kappa shape index (κ1) is 15.4. The van der Waals surface area contributed by atoms with Crippen molar-refractivity contribution in [3.8, 4) is 0 Å². The Morgan fingerprint density at radius 3 is 2.91 bits per heavy atom. The van der Waals surface area contributed by atoms with Crippen LogP contribution in [0.25, 0.3) is 11.2 Å². The molecule has 1 fully saturated rings. The maximum atomic E-state index is 10.8. The standard InChI is InChI=1S/C12H18N5O4P/c1-8(21-7-22(18,19)20)4-17-6-15-10-11(16-9-2-3-9)13-5-14-12(10)17/h5-6,8-9H,2-4,7H2,1H3,(H,13,14,16)(H2,18,19,20)/t8-/m0/s1. The summed E-state index contributed by atoms with van der Waals surface area (Å²) in [7, 11) is -4.16. The van der Waals surface area contributed by atoms with Crippen LogP contribution in [-0.2, 0) is 15.8 Å². The second kappa shape index (κ2) is 5.92. The van der Waals surface area contributed by atoms with E-state index in [9.17, 15) is 4.57 Å². The van der Waals surface area contributed by atoms with Crippen molar-refractivity contribution >= 4 is 24.6 Å². The number of aromatic nitrogens is 4. The van der Waals surface area contributed by atoms with Gasteiger partial charge in [-0.25, -0.2) is 15.0 Å². The van der Waals surface area contributed by atoms with E-state index < -0.39 is 13.9 Å². The Kier molecular flexibility index (Phi) is 4.14. The van der Waals surface area contributed by atoms with Crippen LogP contribution in [0, 0.1) is 0 Å². The van der Waals surface area contributed by atoms with Gasteiger partial charge in [-0.3, -0.25) is 4.57 Å². The summed E-state index contributed by atoms with van der Waals surface area (Å²) in [6, 6.07) is 0.466. The van der Waals surface area contributed by atoms with Crippen molar-refractivity contribution in [3.63, 3.8) is 0 Å². The lowest BCUT2D eigenvalue weighted by atomic mass is 10.4. The number of fused-ring (bicyclic) bond motifs is 1. The smallest absolute Gasteiger partial charge is 0.350 e. The minimum absolute atomic E-state index is 0.375. The fraction of sp³-hybridized carbons (Fsp3) is 0.583. The molecule has 1 atom stereocenters. The molecule has 0 amide bonds. The van der Waals surface area contributed by atoms with E-state index in [1.807, 2.05) is 0 Å². The fourth-order valence-electron chi connectivity index (χ4n) is 2.09. The van der Waals surface area contributed by atoms with Crippen molar-refractivity contribution in [2.24, 2.45) is 0 Å². The van der Waals surface area contributed by atoms with Crippen LogP contribution in [0.5, 0.6) is 0 Å². The molecule has 1 saturated carbocycles. The molecule has 0 radical (unpaired) electrons. The lowest BCUT2D eigenvalue weighted by molar-refractivity contribution is 0.0764. The Hall–Kier alpha value is -1.54. The summed E-state index contributed by atoms with van der Waals surface area (Å²) in [6.45, 7) is 2.14. The molecule has 2 aromatic heterocycles. The highest BCUT2D eigenvalue weighted by Crippen LogP contribution is 2.34. The molecule has 0 aliphatic heterocycles. The molecule has 22 heavy (non-hydrogen) atoms. The van der Waals surface area contributed by atoms with Crippen LogP contribution in [0.3, 0.4) is 0 Å². The molecule has 0 saturated heterocycles. The molecular weight excluding hydrogens is 309 g/mol. The summed E-state index contributed by atoms with van der Waals surface area (Å²) in [5, 5.41) is 3.31. The summed E-state index contributed by atoms with van der Waals surface area (Å²) >= 11 is 0. The summed E-state index contributed by atoms with van der Waals surface area (Å²) < 4.78 is 17.8. The van der Waals surface area contributed by atoms with Gasteiger partial charge in [-0.1, -0.05) is 0 Å². The highest BCUT2D eigenvalue weighted by Gasteiger charge is 2.23. The number of hydrogen-bond acceptors (Lipinski definition) is 6. The Balaban J connectivity index is 1.72. The number of ether oxygens (including phenoxy) is 1. The molecule has 0 spiro atoms. The van der Waals surface area contributed by atoms with Crippen LogP contribution in [0.4, 0.5) is 5.82 Å². The van der Waals surface area contributed by atoms with Crippen molar-refractivity contribution < 1.29 is 19.1 Å². The van der Waals surface area contributed by atoms with Crippen LogP contribution in [0.15, 0.2) is 12.7 Å². The average molecular weight is 327 g/mol. The number of nitrogens with zero attached hydrogens (tertiary/aromatic N) is 4. The van der Waals surface area contributed by atoms with Gasteiger partial charge in [-0.15, -0.1) is 0 Å². The molecular formula is C12H18N5O4P. The van der Waals surface area contributed by atoms with Gasteiger partial charge in [-0.2, -0.15) is 0 Å². The van der Waals surface area contributed by atoms with Gasteiger partial charge in [0.25, 0.3) is 0 Å². The Morgan fingerprint density at radius 1 is 1.45 bits per heavy atom. The zero-order valence-electron chi connectivity index (χ0n) is 12.1. The van der Waals surface area contributed by atoms with Crippen molar-refractivity contribution in [3.05, 3.63) is 12.7 Å². The molecule has 0 bridgehead atoms. The lowest BCUT2D eigenvalue weighted by Gasteiger charge is -2.14. The number of imidazole rings is 1. The van der Waals surface area contributed by atoms with Gasteiger partial charge in [0, 0.05) is 6.04 Å². The zero-order valence-corrected chi connectivity index (χ0v) is 13.0. The van der Waals surface area contributed by atoms with Gasteiger partial charge in [0.05, 0.1) is 19.0 Å². The normalized spacial score (nSPS) is 16.9. The predicted octanol–water partition coefficient (Wildman–Crippen LogP) is 0.941. The minimum atomic E-state index is -4.16. The van der Waals surface area contributed by atoms with E-state index in [0.717, 1.165) is 18.7 Å². The van der Waals surface area contributed by atoms with Gasteiger partial charge in [0.1, 0.15) is 18.2 Å². The summed E-state index contributed by atoms with van der Waals surface area (Å²) in [5.41, 5.74) is 1.36. The van der Waals surface area contributed by atoms with Crippen LogP contribution in [0.2, 0.25) is 0 Å². The quantitative estimate of drug-likeness (QED) is 0.642. The van der Waals surface area contributed by atoms with Crippen LogP contribution < -0.4 is 5.32 Å². The molecule has 0 aromatic carbocycles. The van der Waals surface area contributed by atoms with E-state index in [-0.39, 0.29) is 6.10 Å². The SMILES string of the molecule is C[C@@H](Cn1cnc2c(NC3CC3)ncnc21)OCP(=O)(O)O. The van der Waals surface area contributed by atoms with Gasteiger partial charge in [0.15, 0.2) is 11.5 Å². The van der Waals surface area contributed by atoms with E-state index in [4.69, 9.17) is 14.5 Å². The molecule has 2 aromatic rings. The topological polar surface area (TPSA) is 122 Å². The Labute approximate surface area is 126 Å². The second-order valence-corrected chi connectivity index (χ2v) is 7.07. The first-order valence-electron chi connectivity index (χ1n) is 7.01. The van der Waals surface area contributed by atoms with E-state index in [1.54, 1.807) is 17.8 Å². The Bertz CT molecular complexity index is 711. The van der Waals surface area contributed by atoms with Crippen molar-refractivity contribution in [1.29, 1.82) is 0 Å². The molecule has 120 valence electrons. The predicted molar refractivity (Wildman–Crippen MR) is 79.4 cm³/mol. The van der Waals surface area contributed by atoms with Gasteiger partial charge < -0.3 is 24.4 Å². The third kappa shape index (κ3) is 3.80. The number of anilines is 1. The monoisotopic (exact) mass is 327 g/mol. The van der Waals surface area contributed by atoms with Crippen molar-refractivity contribution in [1.82, 2.24) is 19.5 Å². The third-order valence-electron chi connectivity index (χ3n) is 3.30. The first-order valence-corrected chi connectivity index (χ1v) is 8.81. The molecule has 2 heterocycles. The molecule has 1 aliphatic carbocycles. The molecule has 9 nitrogen and oxygen atoms in total. The largest absolute Gasteiger partial charge is 0.365 e. The van der Waals surface area contributed by atoms with E-state index >= 15 is 0 Å². The molecule has 10 heteroatoms. The van der Waals surface area contributed by atoms with Gasteiger partial charge in [0.2, 0.25) is 0 Å². The first-order chi connectivity index (χ1) is 10.4. The van der Waals surface area contributed by atoms with E-state index in [0.29, 0.717) is 23.8 Å². The maximum absolute atomic E-state index is 10.8. The highest BCUT2D eigenvalue weighted by atomic mass is 31.2. The number of rotatable bonds is 7. The molecule has 3 N–H and O–H groups in total. The fourth-order valence-corrected chi connectivity index (χ4v) is 2.54. The molecule has 1 aliphatic rings. The molecule has 3 rings (SSSR count). The van der Waals surface area contributed by atoms with Crippen molar-refractivity contribution in [2.45, 2.75) is 38.5 Å². The lowest BCUT2D eigenvalue weighted by Crippen LogP contribution is -2.17. The number of hydrogen-bond donors (Lipinski definition) is 3. The maximum Gasteiger partial charge on any atom is 0.350 e. The van der Waals surface area contributed by atoms with Crippen LogP contribution >= 0.6 is 7.60 Å². The minimum Gasteiger partial charge on any atom is -0.365 e. The van der Waals surface area contributed by atoms with E-state index in [1.165, 1.54) is 6.33 Å². The number of nitrogens with one attached hydrogen (secondary N) is 1. The van der Waals surface area contributed by atoms with Crippen molar-refractivity contribution in [2.75, 3.05) is 11.7 Å². The van der Waals surface area contributed by atoms with Crippen LogP contribution in [0.1, 0.15) is 19.8 Å². The summed E-state index contributed by atoms with van der Waals surface area (Å²) in [5.74, 6) is 0.718. The third-order valence-corrected chi connectivity index (χ3v) is 3.79. The highest BCUT2D eigenvalue weighted by molar-refractivity contribution is 7.51.